The molecule has 0 atom stereocenters. The van der Waals surface area contributed by atoms with Crippen LogP contribution < -0.4 is 0 Å². The fraction of sp³-hybridized carbons (Fsp3) is 0.227. The van der Waals surface area contributed by atoms with E-state index in [4.69, 9.17) is 16.1 Å². The van der Waals surface area contributed by atoms with Gasteiger partial charge in [0.15, 0.2) is 5.82 Å². The molecule has 2 heterocycles. The third-order valence-corrected chi connectivity index (χ3v) is 5.24. The number of aromatic nitrogens is 3. The highest BCUT2D eigenvalue weighted by molar-refractivity contribution is 6.31. The number of aryl methyl sites for hydroxylation is 1. The predicted molar refractivity (Wildman–Crippen MR) is 113 cm³/mol. The Hall–Kier alpha value is -3.12. The van der Waals surface area contributed by atoms with Crippen molar-refractivity contribution in [3.05, 3.63) is 70.5 Å². The number of carbonyl (C=O) groups excluding carboxylic acids is 1. The number of rotatable bonds is 6. The van der Waals surface area contributed by atoms with Gasteiger partial charge in [-0.25, -0.2) is 0 Å². The van der Waals surface area contributed by atoms with Gasteiger partial charge in [-0.05, 0) is 36.8 Å². The van der Waals surface area contributed by atoms with Gasteiger partial charge in [-0.3, -0.25) is 4.79 Å². The lowest BCUT2D eigenvalue weighted by Gasteiger charge is -2.16. The van der Waals surface area contributed by atoms with Crippen LogP contribution in [0.5, 0.6) is 0 Å². The van der Waals surface area contributed by atoms with Crippen LogP contribution in [0, 0.1) is 6.92 Å². The second kappa shape index (κ2) is 8.09. The van der Waals surface area contributed by atoms with Crippen molar-refractivity contribution in [1.82, 2.24) is 20.0 Å². The average Bonchev–Trinajstić information content (AvgIpc) is 3.34. The van der Waals surface area contributed by atoms with Crippen molar-refractivity contribution < 1.29 is 9.32 Å². The maximum absolute atomic E-state index is 12.4. The van der Waals surface area contributed by atoms with E-state index in [1.165, 1.54) is 5.56 Å². The largest absolute Gasteiger partial charge is 0.351 e. The molecule has 148 valence electrons. The zero-order chi connectivity index (χ0) is 20.4. The molecule has 4 aromatic rings. The Kier molecular flexibility index (Phi) is 5.36. The highest BCUT2D eigenvalue weighted by atomic mass is 35.5. The van der Waals surface area contributed by atoms with E-state index in [0.717, 1.165) is 22.2 Å². The number of likely N-dealkylation sites (N-methyl/N-ethyl adjacent to an activating group) is 1. The Bertz CT molecular complexity index is 1160. The van der Waals surface area contributed by atoms with Gasteiger partial charge in [-0.1, -0.05) is 46.6 Å². The van der Waals surface area contributed by atoms with E-state index in [1.807, 2.05) is 30.3 Å². The lowest BCUT2D eigenvalue weighted by molar-refractivity contribution is -0.129. The lowest BCUT2D eigenvalue weighted by atomic mass is 10.1. The summed E-state index contributed by atoms with van der Waals surface area (Å²) in [5.74, 6) is 0.999. The highest BCUT2D eigenvalue weighted by Gasteiger charge is 2.15. The second-order valence-corrected chi connectivity index (χ2v) is 7.53. The van der Waals surface area contributed by atoms with Crippen molar-refractivity contribution >= 4 is 28.4 Å². The molecule has 6 nitrogen and oxygen atoms in total. The first-order valence-corrected chi connectivity index (χ1v) is 9.77. The Morgan fingerprint density at radius 3 is 2.86 bits per heavy atom. The summed E-state index contributed by atoms with van der Waals surface area (Å²) in [6.07, 6.45) is 0.774. The van der Waals surface area contributed by atoms with E-state index in [-0.39, 0.29) is 12.3 Å². The summed E-state index contributed by atoms with van der Waals surface area (Å²) in [7, 11) is 1.76. The number of hydrogen-bond acceptors (Lipinski definition) is 4. The Morgan fingerprint density at radius 1 is 1.21 bits per heavy atom. The molecule has 0 fully saturated rings. The third kappa shape index (κ3) is 4.32. The van der Waals surface area contributed by atoms with Gasteiger partial charge < -0.3 is 14.4 Å². The van der Waals surface area contributed by atoms with Crippen molar-refractivity contribution in [3.63, 3.8) is 0 Å². The van der Waals surface area contributed by atoms with Gasteiger partial charge in [-0.15, -0.1) is 0 Å². The van der Waals surface area contributed by atoms with Crippen molar-refractivity contribution in [2.45, 2.75) is 19.8 Å². The number of amides is 1. The number of nitrogens with zero attached hydrogens (tertiary/aromatic N) is 3. The summed E-state index contributed by atoms with van der Waals surface area (Å²) >= 11 is 6.14. The van der Waals surface area contributed by atoms with Crippen LogP contribution in [0.4, 0.5) is 0 Å². The van der Waals surface area contributed by atoms with Crippen LogP contribution in [0.15, 0.2) is 53.1 Å². The second-order valence-electron chi connectivity index (χ2n) is 7.12. The fourth-order valence-corrected chi connectivity index (χ4v) is 3.37. The standard InChI is InChI=1S/C22H21ClN4O2/c1-14-7-8-18-16(11-14)12-19(24-18)22-25-20(26-29-22)9-10-27(2)21(28)13-15-5-3-4-6-17(15)23/h3-8,11-12,24H,9-10,13H2,1-2H3. The number of hydrogen-bond donors (Lipinski definition) is 1. The van der Waals surface area contributed by atoms with Crippen LogP contribution in [0.3, 0.4) is 0 Å². The zero-order valence-corrected chi connectivity index (χ0v) is 17.0. The minimum atomic E-state index is -0.00666. The Labute approximate surface area is 173 Å². The number of aromatic amines is 1. The zero-order valence-electron chi connectivity index (χ0n) is 16.3. The molecule has 1 amide bonds. The molecule has 4 rings (SSSR count). The average molecular weight is 409 g/mol. The van der Waals surface area contributed by atoms with Crippen LogP contribution >= 0.6 is 11.6 Å². The van der Waals surface area contributed by atoms with E-state index in [9.17, 15) is 4.79 Å². The molecule has 1 N–H and O–H groups in total. The van der Waals surface area contributed by atoms with Crippen LogP contribution in [0.2, 0.25) is 5.02 Å². The van der Waals surface area contributed by atoms with Crippen molar-refractivity contribution in [3.8, 4) is 11.6 Å². The summed E-state index contributed by atoms with van der Waals surface area (Å²) in [5.41, 5.74) is 3.82. The molecule has 7 heteroatoms. The Morgan fingerprint density at radius 2 is 2.03 bits per heavy atom. The number of carbonyl (C=O) groups is 1. The number of fused-ring (bicyclic) bond motifs is 1. The smallest absolute Gasteiger partial charge is 0.274 e. The quantitative estimate of drug-likeness (QED) is 0.512. The molecule has 0 aliphatic rings. The van der Waals surface area contributed by atoms with Gasteiger partial charge in [0.05, 0.1) is 6.42 Å². The molecule has 2 aromatic carbocycles. The first-order valence-electron chi connectivity index (χ1n) is 9.39. The molecule has 0 aliphatic heterocycles. The van der Waals surface area contributed by atoms with Gasteiger partial charge in [0.1, 0.15) is 5.69 Å². The summed E-state index contributed by atoms with van der Waals surface area (Å²) in [5, 5.41) is 5.75. The van der Waals surface area contributed by atoms with Crippen LogP contribution in [0.1, 0.15) is 17.0 Å². The van der Waals surface area contributed by atoms with Crippen LogP contribution in [0.25, 0.3) is 22.5 Å². The minimum Gasteiger partial charge on any atom is -0.351 e. The molecule has 0 aliphatic carbocycles. The van der Waals surface area contributed by atoms with Crippen molar-refractivity contribution in [2.75, 3.05) is 13.6 Å². The summed E-state index contributed by atoms with van der Waals surface area (Å²) < 4.78 is 5.40. The molecular formula is C22H21ClN4O2. The SMILES string of the molecule is Cc1ccc2[nH]c(-c3nc(CCN(C)C(=O)Cc4ccccc4Cl)no3)cc2c1. The van der Waals surface area contributed by atoms with E-state index in [0.29, 0.717) is 29.7 Å². The molecule has 0 saturated heterocycles. The number of halogens is 1. The summed E-state index contributed by atoms with van der Waals surface area (Å²) in [6, 6.07) is 15.6. The molecule has 0 unspecified atom stereocenters. The molecule has 29 heavy (non-hydrogen) atoms. The maximum atomic E-state index is 12.4. The topological polar surface area (TPSA) is 75.0 Å². The van der Waals surface area contributed by atoms with Gasteiger partial charge >= 0.3 is 0 Å². The molecule has 0 bridgehead atoms. The van der Waals surface area contributed by atoms with E-state index >= 15 is 0 Å². The Balaban J connectivity index is 1.38. The van der Waals surface area contributed by atoms with Crippen molar-refractivity contribution in [1.29, 1.82) is 0 Å². The van der Waals surface area contributed by atoms with E-state index in [1.54, 1.807) is 18.0 Å². The first-order chi connectivity index (χ1) is 14.0. The van der Waals surface area contributed by atoms with Gasteiger partial charge in [0.25, 0.3) is 5.89 Å². The van der Waals surface area contributed by atoms with Crippen molar-refractivity contribution in [2.24, 2.45) is 0 Å². The summed E-state index contributed by atoms with van der Waals surface area (Å²) in [4.78, 5) is 21.8. The molecule has 0 saturated carbocycles. The van der Waals surface area contributed by atoms with Crippen LogP contribution in [-0.4, -0.2) is 39.5 Å². The van der Waals surface area contributed by atoms with Gasteiger partial charge in [0.2, 0.25) is 5.91 Å². The number of nitrogens with one attached hydrogen (secondary N) is 1. The third-order valence-electron chi connectivity index (χ3n) is 4.87. The highest BCUT2D eigenvalue weighted by Crippen LogP contribution is 2.24. The monoisotopic (exact) mass is 408 g/mol. The normalized spacial score (nSPS) is 11.1. The van der Waals surface area contributed by atoms with E-state index in [2.05, 4.69) is 34.2 Å². The molecule has 0 spiro atoms. The van der Waals surface area contributed by atoms with Gasteiger partial charge in [-0.2, -0.15) is 4.98 Å². The fourth-order valence-electron chi connectivity index (χ4n) is 3.16. The number of benzene rings is 2. The number of H-pyrrole nitrogens is 1. The van der Waals surface area contributed by atoms with Gasteiger partial charge in [0, 0.05) is 35.9 Å². The maximum Gasteiger partial charge on any atom is 0.274 e. The minimum absolute atomic E-state index is 0.00666. The lowest BCUT2D eigenvalue weighted by Crippen LogP contribution is -2.30. The predicted octanol–water partition coefficient (Wildman–Crippen LogP) is 4.42. The molecule has 2 aromatic heterocycles. The molecule has 0 radical (unpaired) electrons. The molecular weight excluding hydrogens is 388 g/mol. The summed E-state index contributed by atoms with van der Waals surface area (Å²) in [6.45, 7) is 2.55. The first kappa shape index (κ1) is 19.2. The van der Waals surface area contributed by atoms with E-state index < -0.39 is 0 Å². The van der Waals surface area contributed by atoms with Crippen LogP contribution in [-0.2, 0) is 17.6 Å².